The van der Waals surface area contributed by atoms with Crippen molar-refractivity contribution in [3.63, 3.8) is 0 Å². The fourth-order valence-electron chi connectivity index (χ4n) is 1.44. The minimum atomic E-state index is -1.62. The Labute approximate surface area is 82.3 Å². The number of urea groups is 1. The number of nitrogens with zero attached hydrogens (tertiary/aromatic N) is 1. The van der Waals surface area contributed by atoms with Crippen molar-refractivity contribution in [2.75, 3.05) is 6.54 Å². The third kappa shape index (κ3) is 1.51. The standard InChI is InChI=1S/C9H14N2O3/c1-3-5-9(14)7(12)10-8(13)11(9)6-4-2/h3-4,7,12,14H,1-2,5-6H2,(H,10,13). The summed E-state index contributed by atoms with van der Waals surface area (Å²) in [5.74, 6) is 0. The Hall–Kier alpha value is -1.33. The van der Waals surface area contributed by atoms with Crippen molar-refractivity contribution in [1.82, 2.24) is 10.2 Å². The lowest BCUT2D eigenvalue weighted by atomic mass is 10.1. The van der Waals surface area contributed by atoms with Crippen molar-refractivity contribution in [3.8, 4) is 0 Å². The van der Waals surface area contributed by atoms with E-state index in [1.807, 2.05) is 0 Å². The molecule has 1 aliphatic rings. The molecule has 3 N–H and O–H groups in total. The summed E-state index contributed by atoms with van der Waals surface area (Å²) < 4.78 is 0. The number of carbonyl (C=O) groups is 1. The number of rotatable bonds is 4. The second kappa shape index (κ2) is 3.81. The van der Waals surface area contributed by atoms with Gasteiger partial charge in [0.1, 0.15) is 0 Å². The molecular weight excluding hydrogens is 184 g/mol. The van der Waals surface area contributed by atoms with Crippen molar-refractivity contribution in [2.45, 2.75) is 18.4 Å². The predicted octanol–water partition coefficient (Wildman–Crippen LogP) is -0.219. The number of hydrogen-bond donors (Lipinski definition) is 3. The van der Waals surface area contributed by atoms with Crippen molar-refractivity contribution in [3.05, 3.63) is 25.3 Å². The number of aliphatic hydroxyl groups excluding tert-OH is 1. The third-order valence-corrected chi connectivity index (χ3v) is 2.17. The van der Waals surface area contributed by atoms with E-state index in [1.54, 1.807) is 0 Å². The molecule has 0 saturated carbocycles. The smallest absolute Gasteiger partial charge is 0.322 e. The normalized spacial score (nSPS) is 31.4. The molecule has 1 heterocycles. The highest BCUT2D eigenvalue weighted by molar-refractivity contribution is 5.78. The summed E-state index contributed by atoms with van der Waals surface area (Å²) in [6, 6.07) is -0.512. The number of aliphatic hydroxyl groups is 2. The van der Waals surface area contributed by atoms with E-state index >= 15 is 0 Å². The molecule has 78 valence electrons. The largest absolute Gasteiger partial charge is 0.369 e. The number of nitrogens with one attached hydrogen (secondary N) is 1. The second-order valence-corrected chi connectivity index (χ2v) is 3.12. The number of carbonyl (C=O) groups excluding carboxylic acids is 1. The van der Waals surface area contributed by atoms with Crippen molar-refractivity contribution >= 4 is 6.03 Å². The van der Waals surface area contributed by atoms with Gasteiger partial charge in [-0.3, -0.25) is 4.90 Å². The Balaban J connectivity index is 2.92. The molecule has 0 aromatic heterocycles. The van der Waals surface area contributed by atoms with Gasteiger partial charge in [0.25, 0.3) is 0 Å². The van der Waals surface area contributed by atoms with Gasteiger partial charge in [0, 0.05) is 13.0 Å². The zero-order valence-corrected chi connectivity index (χ0v) is 7.81. The van der Waals surface area contributed by atoms with E-state index in [9.17, 15) is 15.0 Å². The first kappa shape index (κ1) is 10.7. The zero-order chi connectivity index (χ0) is 10.8. The van der Waals surface area contributed by atoms with E-state index in [-0.39, 0.29) is 13.0 Å². The van der Waals surface area contributed by atoms with Crippen LogP contribution in [0, 0.1) is 0 Å². The summed E-state index contributed by atoms with van der Waals surface area (Å²) in [5.41, 5.74) is -1.62. The lowest BCUT2D eigenvalue weighted by Gasteiger charge is -2.32. The van der Waals surface area contributed by atoms with E-state index in [0.29, 0.717) is 0 Å². The van der Waals surface area contributed by atoms with Crippen LogP contribution in [0.15, 0.2) is 25.3 Å². The maximum Gasteiger partial charge on any atom is 0.322 e. The zero-order valence-electron chi connectivity index (χ0n) is 7.81. The van der Waals surface area contributed by atoms with Gasteiger partial charge in [0.2, 0.25) is 0 Å². The van der Waals surface area contributed by atoms with Crippen LogP contribution in [-0.4, -0.2) is 39.6 Å². The molecule has 1 rings (SSSR count). The fraction of sp³-hybridized carbons (Fsp3) is 0.444. The molecule has 0 spiro atoms. The Morgan fingerprint density at radius 1 is 1.57 bits per heavy atom. The van der Waals surface area contributed by atoms with Crippen LogP contribution < -0.4 is 5.32 Å². The fourth-order valence-corrected chi connectivity index (χ4v) is 1.44. The SMILES string of the molecule is C=CCN1C(=O)NC(O)C1(O)CC=C. The van der Waals surface area contributed by atoms with Gasteiger partial charge in [-0.1, -0.05) is 12.2 Å². The first-order valence-corrected chi connectivity index (χ1v) is 4.26. The van der Waals surface area contributed by atoms with Crippen LogP contribution in [0.25, 0.3) is 0 Å². The van der Waals surface area contributed by atoms with Crippen LogP contribution in [0.5, 0.6) is 0 Å². The molecule has 0 bridgehead atoms. The summed E-state index contributed by atoms with van der Waals surface area (Å²) in [4.78, 5) is 12.4. The number of hydrogen-bond acceptors (Lipinski definition) is 3. The minimum Gasteiger partial charge on any atom is -0.369 e. The summed E-state index contributed by atoms with van der Waals surface area (Å²) in [5, 5.41) is 21.7. The van der Waals surface area contributed by atoms with Gasteiger partial charge >= 0.3 is 6.03 Å². The highest BCUT2D eigenvalue weighted by Gasteiger charge is 2.49. The monoisotopic (exact) mass is 198 g/mol. The van der Waals surface area contributed by atoms with Gasteiger partial charge < -0.3 is 15.5 Å². The molecule has 2 atom stereocenters. The molecule has 0 aromatic carbocycles. The maximum absolute atomic E-state index is 11.3. The summed E-state index contributed by atoms with van der Waals surface area (Å²) in [6.07, 6.45) is 1.72. The predicted molar refractivity (Wildman–Crippen MR) is 51.2 cm³/mol. The molecule has 0 aliphatic carbocycles. The van der Waals surface area contributed by atoms with Crippen LogP contribution in [0.1, 0.15) is 6.42 Å². The van der Waals surface area contributed by atoms with Gasteiger partial charge in [-0.2, -0.15) is 0 Å². The molecule has 0 aromatic rings. The number of amides is 2. The molecule has 5 heteroatoms. The van der Waals surface area contributed by atoms with Crippen molar-refractivity contribution < 1.29 is 15.0 Å². The van der Waals surface area contributed by atoms with Crippen LogP contribution in [-0.2, 0) is 0 Å². The Morgan fingerprint density at radius 2 is 2.21 bits per heavy atom. The molecule has 0 radical (unpaired) electrons. The topological polar surface area (TPSA) is 72.8 Å². The molecule has 1 fully saturated rings. The van der Waals surface area contributed by atoms with Gasteiger partial charge in [0.05, 0.1) is 0 Å². The first-order valence-electron chi connectivity index (χ1n) is 4.26. The average molecular weight is 198 g/mol. The molecule has 14 heavy (non-hydrogen) atoms. The summed E-state index contributed by atoms with van der Waals surface area (Å²) >= 11 is 0. The van der Waals surface area contributed by atoms with E-state index in [2.05, 4.69) is 18.5 Å². The highest BCUT2D eigenvalue weighted by atomic mass is 16.4. The third-order valence-electron chi connectivity index (χ3n) is 2.17. The van der Waals surface area contributed by atoms with Gasteiger partial charge in [-0.25, -0.2) is 4.79 Å². The molecule has 2 unspecified atom stereocenters. The quantitative estimate of drug-likeness (QED) is 0.547. The first-order chi connectivity index (χ1) is 6.56. The molecule has 2 amide bonds. The van der Waals surface area contributed by atoms with Crippen molar-refractivity contribution in [2.24, 2.45) is 0 Å². The van der Waals surface area contributed by atoms with Crippen LogP contribution >= 0.6 is 0 Å². The Morgan fingerprint density at radius 3 is 2.71 bits per heavy atom. The van der Waals surface area contributed by atoms with Crippen LogP contribution in [0.2, 0.25) is 0 Å². The van der Waals surface area contributed by atoms with E-state index in [4.69, 9.17) is 0 Å². The van der Waals surface area contributed by atoms with E-state index < -0.39 is 18.0 Å². The van der Waals surface area contributed by atoms with Gasteiger partial charge in [0.15, 0.2) is 12.0 Å². The Bertz CT molecular complexity index is 267. The highest BCUT2D eigenvalue weighted by Crippen LogP contribution is 2.25. The summed E-state index contributed by atoms with van der Waals surface area (Å²) in [7, 11) is 0. The molecular formula is C9H14N2O3. The minimum absolute atomic E-state index is 0.0980. The van der Waals surface area contributed by atoms with Crippen LogP contribution in [0.4, 0.5) is 4.79 Å². The lowest BCUT2D eigenvalue weighted by Crippen LogP contribution is -2.51. The van der Waals surface area contributed by atoms with Crippen molar-refractivity contribution in [1.29, 1.82) is 0 Å². The average Bonchev–Trinajstić information content (AvgIpc) is 2.31. The van der Waals surface area contributed by atoms with Gasteiger partial charge in [-0.05, 0) is 0 Å². The Kier molecular flexibility index (Phi) is 2.93. The molecule has 1 aliphatic heterocycles. The second-order valence-electron chi connectivity index (χ2n) is 3.12. The van der Waals surface area contributed by atoms with Gasteiger partial charge in [-0.15, -0.1) is 13.2 Å². The van der Waals surface area contributed by atoms with E-state index in [1.165, 1.54) is 12.2 Å². The summed E-state index contributed by atoms with van der Waals surface area (Å²) in [6.45, 7) is 7.10. The maximum atomic E-state index is 11.3. The van der Waals surface area contributed by atoms with E-state index in [0.717, 1.165) is 4.90 Å². The lowest BCUT2D eigenvalue weighted by molar-refractivity contribution is -0.130. The molecule has 5 nitrogen and oxygen atoms in total. The van der Waals surface area contributed by atoms with Crippen LogP contribution in [0.3, 0.4) is 0 Å². The molecule has 1 saturated heterocycles.